The zero-order valence-corrected chi connectivity index (χ0v) is 18.7. The predicted molar refractivity (Wildman–Crippen MR) is 121 cm³/mol. The molecule has 2 aliphatic rings. The van der Waals surface area contributed by atoms with Crippen LogP contribution in [0.3, 0.4) is 0 Å². The number of nitrogens with two attached hydrogens (primary N) is 1. The zero-order valence-electron chi connectivity index (χ0n) is 18.7. The number of hydrogen-bond donors (Lipinski definition) is 1. The van der Waals surface area contributed by atoms with Gasteiger partial charge in [-0.1, -0.05) is 13.0 Å². The molecule has 168 valence electrons. The van der Waals surface area contributed by atoms with Gasteiger partial charge in [-0.05, 0) is 73.9 Å². The van der Waals surface area contributed by atoms with E-state index < -0.39 is 0 Å². The number of aryl methyl sites for hydroxylation is 1. The second-order valence-corrected chi connectivity index (χ2v) is 8.84. The first kappa shape index (κ1) is 22.1. The molecule has 31 heavy (non-hydrogen) atoms. The molecule has 3 heterocycles. The van der Waals surface area contributed by atoms with Crippen molar-refractivity contribution in [3.63, 3.8) is 0 Å². The molecule has 0 radical (unpaired) electrons. The van der Waals surface area contributed by atoms with Crippen molar-refractivity contribution in [2.45, 2.75) is 57.7 Å². The Morgan fingerprint density at radius 1 is 1.10 bits per heavy atom. The Labute approximate surface area is 185 Å². The van der Waals surface area contributed by atoms with Crippen LogP contribution in [0.1, 0.15) is 50.3 Å². The highest BCUT2D eigenvalue weighted by molar-refractivity contribution is 5.72. The minimum Gasteiger partial charge on any atom is -0.475 e. The van der Waals surface area contributed by atoms with E-state index in [0.717, 1.165) is 74.4 Å². The molecule has 0 aliphatic carbocycles. The number of hydrogen-bond acceptors (Lipinski definition) is 6. The molecule has 0 amide bonds. The van der Waals surface area contributed by atoms with E-state index in [9.17, 15) is 0 Å². The fourth-order valence-electron chi connectivity index (χ4n) is 4.24. The number of benzene rings is 1. The van der Waals surface area contributed by atoms with Gasteiger partial charge in [0.1, 0.15) is 6.61 Å². The highest BCUT2D eigenvalue weighted by atomic mass is 16.7. The Hall–Kier alpha value is -2.15. The number of pyridine rings is 1. The summed E-state index contributed by atoms with van der Waals surface area (Å²) in [6.07, 6.45) is 5.00. The summed E-state index contributed by atoms with van der Waals surface area (Å²) in [5.41, 5.74) is 11.2. The van der Waals surface area contributed by atoms with Crippen LogP contribution < -0.4 is 10.5 Å². The minimum atomic E-state index is -0.108. The van der Waals surface area contributed by atoms with Gasteiger partial charge in [-0.2, -0.15) is 0 Å². The molecule has 1 atom stereocenters. The molecule has 2 aliphatic heterocycles. The summed E-state index contributed by atoms with van der Waals surface area (Å²) < 4.78 is 23.1. The Kier molecular flexibility index (Phi) is 7.10. The fraction of sp³-hybridized carbons (Fsp3) is 0.560. The first-order valence-electron chi connectivity index (χ1n) is 11.4. The van der Waals surface area contributed by atoms with Gasteiger partial charge in [-0.15, -0.1) is 0 Å². The van der Waals surface area contributed by atoms with Crippen molar-refractivity contribution in [1.29, 1.82) is 0 Å². The van der Waals surface area contributed by atoms with Crippen molar-refractivity contribution >= 4 is 5.69 Å². The molecular weight excluding hydrogens is 392 g/mol. The highest BCUT2D eigenvalue weighted by Crippen LogP contribution is 2.37. The molecule has 0 spiro atoms. The normalized spacial score (nSPS) is 21.0. The molecule has 2 N–H and O–H groups in total. The maximum Gasteiger partial charge on any atom is 0.214 e. The van der Waals surface area contributed by atoms with Gasteiger partial charge in [-0.3, -0.25) is 0 Å². The Morgan fingerprint density at radius 2 is 1.94 bits per heavy atom. The van der Waals surface area contributed by atoms with Crippen molar-refractivity contribution in [3.8, 4) is 17.0 Å². The third-order valence-corrected chi connectivity index (χ3v) is 6.36. The average molecular weight is 427 g/mol. The van der Waals surface area contributed by atoms with Crippen molar-refractivity contribution in [2.24, 2.45) is 0 Å². The molecular formula is C25H34N2O4. The fourth-order valence-corrected chi connectivity index (χ4v) is 4.24. The molecule has 2 saturated heterocycles. The molecule has 1 unspecified atom stereocenters. The van der Waals surface area contributed by atoms with Crippen molar-refractivity contribution in [2.75, 3.05) is 38.8 Å². The van der Waals surface area contributed by atoms with E-state index >= 15 is 0 Å². The summed E-state index contributed by atoms with van der Waals surface area (Å²) in [5.74, 6) is 0.621. The molecule has 2 fully saturated rings. The van der Waals surface area contributed by atoms with E-state index in [1.54, 1.807) is 0 Å². The number of rotatable bonds is 7. The maximum absolute atomic E-state index is 6.09. The second-order valence-electron chi connectivity index (χ2n) is 8.84. The third kappa shape index (κ3) is 5.56. The van der Waals surface area contributed by atoms with Crippen LogP contribution in [-0.4, -0.2) is 44.3 Å². The molecule has 1 aromatic carbocycles. The summed E-state index contributed by atoms with van der Waals surface area (Å²) >= 11 is 0. The predicted octanol–water partition coefficient (Wildman–Crippen LogP) is 4.63. The number of aromatic nitrogens is 1. The van der Waals surface area contributed by atoms with Gasteiger partial charge in [0, 0.05) is 37.0 Å². The van der Waals surface area contributed by atoms with Gasteiger partial charge in [0.2, 0.25) is 5.88 Å². The van der Waals surface area contributed by atoms with Crippen LogP contribution >= 0.6 is 0 Å². The lowest BCUT2D eigenvalue weighted by molar-refractivity contribution is -0.165. The Balaban J connectivity index is 1.54. The van der Waals surface area contributed by atoms with Crippen LogP contribution in [0.5, 0.6) is 5.88 Å². The van der Waals surface area contributed by atoms with Crippen LogP contribution in [0.2, 0.25) is 0 Å². The molecule has 4 rings (SSSR count). The van der Waals surface area contributed by atoms with Gasteiger partial charge in [0.05, 0.1) is 12.3 Å². The first-order chi connectivity index (χ1) is 15.0. The van der Waals surface area contributed by atoms with Crippen LogP contribution in [-0.2, 0) is 19.6 Å². The van der Waals surface area contributed by atoms with E-state index in [2.05, 4.69) is 26.0 Å². The summed E-state index contributed by atoms with van der Waals surface area (Å²) in [6.45, 7) is 7.57. The van der Waals surface area contributed by atoms with Gasteiger partial charge < -0.3 is 24.7 Å². The summed E-state index contributed by atoms with van der Waals surface area (Å²) in [4.78, 5) is 4.89. The van der Waals surface area contributed by atoms with Crippen LogP contribution in [0, 0.1) is 6.92 Å². The molecule has 1 aromatic heterocycles. The molecule has 0 bridgehead atoms. The lowest BCUT2D eigenvalue weighted by atomic mass is 9.78. The van der Waals surface area contributed by atoms with Gasteiger partial charge in [0.25, 0.3) is 0 Å². The standard InChI is InChI=1S/C25H34N2O4/c1-18-6-7-20(26)17-21(18)19-15-22(25(2)8-11-28-12-9-25)27-23(16-19)29-13-14-31-24-5-3-4-10-30-24/h6-7,15-17,24H,3-5,8-14,26H2,1-2H3. The SMILES string of the molecule is Cc1ccc(N)cc1-c1cc(OCCOC2CCCCO2)nc(C2(C)CCOCC2)c1. The molecule has 6 heteroatoms. The topological polar surface area (TPSA) is 75.8 Å². The average Bonchev–Trinajstić information content (AvgIpc) is 2.79. The Bertz CT molecular complexity index is 874. The number of nitrogens with zero attached hydrogens (tertiary/aromatic N) is 1. The number of ether oxygens (including phenoxy) is 4. The quantitative estimate of drug-likeness (QED) is 0.514. The van der Waals surface area contributed by atoms with Crippen LogP contribution in [0.25, 0.3) is 11.1 Å². The summed E-state index contributed by atoms with van der Waals surface area (Å²) in [6, 6.07) is 10.2. The van der Waals surface area contributed by atoms with E-state index in [1.165, 1.54) is 5.56 Å². The van der Waals surface area contributed by atoms with Crippen LogP contribution in [0.15, 0.2) is 30.3 Å². The van der Waals surface area contributed by atoms with Gasteiger partial charge >= 0.3 is 0 Å². The van der Waals surface area contributed by atoms with Crippen molar-refractivity contribution in [3.05, 3.63) is 41.6 Å². The van der Waals surface area contributed by atoms with Crippen LogP contribution in [0.4, 0.5) is 5.69 Å². The number of nitrogen functional groups attached to an aromatic ring is 1. The lowest BCUT2D eigenvalue weighted by Gasteiger charge is -2.33. The molecule has 2 aromatic rings. The number of anilines is 1. The zero-order chi connectivity index (χ0) is 21.7. The largest absolute Gasteiger partial charge is 0.475 e. The maximum atomic E-state index is 6.09. The highest BCUT2D eigenvalue weighted by Gasteiger charge is 2.31. The van der Waals surface area contributed by atoms with Crippen molar-refractivity contribution < 1.29 is 18.9 Å². The second kappa shape index (κ2) is 9.98. The van der Waals surface area contributed by atoms with Gasteiger partial charge in [0.15, 0.2) is 6.29 Å². The van der Waals surface area contributed by atoms with E-state index in [1.807, 2.05) is 18.2 Å². The van der Waals surface area contributed by atoms with Crippen molar-refractivity contribution in [1.82, 2.24) is 4.98 Å². The first-order valence-corrected chi connectivity index (χ1v) is 11.4. The van der Waals surface area contributed by atoms with E-state index in [0.29, 0.717) is 19.1 Å². The van der Waals surface area contributed by atoms with Gasteiger partial charge in [-0.25, -0.2) is 4.98 Å². The third-order valence-electron chi connectivity index (χ3n) is 6.36. The van der Waals surface area contributed by atoms with E-state index in [4.69, 9.17) is 29.7 Å². The lowest BCUT2D eigenvalue weighted by Crippen LogP contribution is -2.31. The summed E-state index contributed by atoms with van der Waals surface area (Å²) in [7, 11) is 0. The molecule has 6 nitrogen and oxygen atoms in total. The smallest absolute Gasteiger partial charge is 0.214 e. The monoisotopic (exact) mass is 426 g/mol. The Morgan fingerprint density at radius 3 is 2.71 bits per heavy atom. The summed E-state index contributed by atoms with van der Waals surface area (Å²) in [5, 5.41) is 0. The van der Waals surface area contributed by atoms with E-state index in [-0.39, 0.29) is 11.7 Å². The minimum absolute atomic E-state index is 0.0347. The molecule has 0 saturated carbocycles.